The summed E-state index contributed by atoms with van der Waals surface area (Å²) in [7, 11) is 0. The van der Waals surface area contributed by atoms with Crippen molar-refractivity contribution < 1.29 is 4.79 Å². The number of hydrogen-bond acceptors (Lipinski definition) is 1. The van der Waals surface area contributed by atoms with Gasteiger partial charge in [0.2, 0.25) is 0 Å². The quantitative estimate of drug-likeness (QED) is 0.546. The van der Waals surface area contributed by atoms with E-state index >= 15 is 0 Å². The molecule has 6 aliphatic rings. The van der Waals surface area contributed by atoms with E-state index in [0.29, 0.717) is 11.7 Å². The van der Waals surface area contributed by atoms with Crippen molar-refractivity contribution in [2.24, 2.45) is 47.3 Å². The number of rotatable bonds is 0. The van der Waals surface area contributed by atoms with Crippen molar-refractivity contribution in [3.63, 3.8) is 0 Å². The predicted octanol–water partition coefficient (Wildman–Crippen LogP) is 1.72. The van der Waals surface area contributed by atoms with Gasteiger partial charge in [0.05, 0.1) is 0 Å². The van der Waals surface area contributed by atoms with E-state index in [1.807, 2.05) is 0 Å². The Hall–Kier alpha value is -0.330. The summed E-state index contributed by atoms with van der Waals surface area (Å²) in [5.74, 6) is 8.59. The molecule has 68 valence electrons. The number of fused-ring (bicyclic) bond motifs is 1. The van der Waals surface area contributed by atoms with Gasteiger partial charge in [-0.05, 0) is 54.3 Å². The Morgan fingerprint density at radius 2 is 1.77 bits per heavy atom. The van der Waals surface area contributed by atoms with Gasteiger partial charge >= 0.3 is 0 Å². The van der Waals surface area contributed by atoms with E-state index in [1.165, 1.54) is 24.7 Å². The van der Waals surface area contributed by atoms with Gasteiger partial charge in [0, 0.05) is 12.3 Å². The summed E-state index contributed by atoms with van der Waals surface area (Å²) in [4.78, 5) is 11.6. The van der Waals surface area contributed by atoms with Crippen LogP contribution in [-0.4, -0.2) is 5.78 Å². The lowest BCUT2D eigenvalue weighted by Gasteiger charge is -2.54. The van der Waals surface area contributed by atoms with Gasteiger partial charge in [0.25, 0.3) is 0 Å². The molecule has 6 unspecified atom stereocenters. The number of Topliss-reactive ketones (excluding diaryl/α,β-unsaturated/α-hetero) is 1. The normalized spacial score (nSPS) is 74.9. The predicted molar refractivity (Wildman–Crippen MR) is 46.8 cm³/mol. The molecule has 0 amide bonds. The Morgan fingerprint density at radius 1 is 0.923 bits per heavy atom. The van der Waals surface area contributed by atoms with E-state index in [1.54, 1.807) is 0 Å². The molecule has 2 bridgehead atoms. The van der Waals surface area contributed by atoms with Crippen molar-refractivity contribution in [1.82, 2.24) is 0 Å². The van der Waals surface area contributed by atoms with Gasteiger partial charge < -0.3 is 0 Å². The lowest BCUT2D eigenvalue weighted by molar-refractivity contribution is -0.138. The minimum absolute atomic E-state index is 0.565. The summed E-state index contributed by atoms with van der Waals surface area (Å²) in [6, 6.07) is 0. The zero-order valence-corrected chi connectivity index (χ0v) is 7.65. The van der Waals surface area contributed by atoms with Crippen LogP contribution in [-0.2, 0) is 4.79 Å². The zero-order valence-electron chi connectivity index (χ0n) is 7.65. The Balaban J connectivity index is 1.57. The van der Waals surface area contributed by atoms with E-state index in [9.17, 15) is 4.79 Å². The highest BCUT2D eigenvalue weighted by Crippen LogP contribution is 2.86. The van der Waals surface area contributed by atoms with Crippen molar-refractivity contribution in [3.05, 3.63) is 0 Å². The van der Waals surface area contributed by atoms with Crippen LogP contribution in [0.2, 0.25) is 0 Å². The van der Waals surface area contributed by atoms with Crippen LogP contribution in [0.4, 0.5) is 0 Å². The summed E-state index contributed by atoms with van der Waals surface area (Å²) in [5, 5.41) is 0. The molecule has 6 atom stereocenters. The SMILES string of the molecule is O=C1CCC2C1C1CC3C4C3C4C21. The van der Waals surface area contributed by atoms with E-state index in [-0.39, 0.29) is 0 Å². The van der Waals surface area contributed by atoms with E-state index in [0.717, 1.165) is 36.0 Å². The molecule has 0 aromatic heterocycles. The number of hydrogen-bond donors (Lipinski definition) is 0. The van der Waals surface area contributed by atoms with Crippen LogP contribution in [0.25, 0.3) is 0 Å². The zero-order chi connectivity index (χ0) is 8.32. The molecule has 0 aromatic rings. The lowest BCUT2D eigenvalue weighted by Crippen LogP contribution is -2.52. The summed E-state index contributed by atoms with van der Waals surface area (Å²) in [5.41, 5.74) is 0. The molecule has 6 aliphatic carbocycles. The third kappa shape index (κ3) is 0.461. The van der Waals surface area contributed by atoms with E-state index < -0.39 is 0 Å². The van der Waals surface area contributed by atoms with E-state index in [4.69, 9.17) is 0 Å². The summed E-state index contributed by atoms with van der Waals surface area (Å²) in [6.45, 7) is 0. The van der Waals surface area contributed by atoms with Crippen molar-refractivity contribution in [2.45, 2.75) is 19.3 Å². The van der Waals surface area contributed by atoms with Crippen LogP contribution in [0.3, 0.4) is 0 Å². The first-order valence-corrected chi connectivity index (χ1v) is 5.90. The first-order valence-electron chi connectivity index (χ1n) is 5.90. The third-order valence-corrected chi connectivity index (χ3v) is 6.04. The highest BCUT2D eigenvalue weighted by molar-refractivity contribution is 5.85. The van der Waals surface area contributed by atoms with Crippen LogP contribution in [0.1, 0.15) is 19.3 Å². The first kappa shape index (κ1) is 6.21. The molecule has 6 saturated carbocycles. The van der Waals surface area contributed by atoms with Crippen LogP contribution < -0.4 is 0 Å². The molecule has 0 radical (unpaired) electrons. The maximum Gasteiger partial charge on any atom is 0.136 e. The minimum Gasteiger partial charge on any atom is -0.299 e. The molecule has 1 nitrogen and oxygen atoms in total. The van der Waals surface area contributed by atoms with Crippen molar-refractivity contribution in [3.8, 4) is 0 Å². The Bertz CT molecular complexity index is 324. The maximum atomic E-state index is 11.6. The average Bonchev–Trinajstić information content (AvgIpc) is 2.94. The molecule has 0 heterocycles. The molecule has 1 heteroatoms. The minimum atomic E-state index is 0.565. The number of ketones is 1. The van der Waals surface area contributed by atoms with Crippen molar-refractivity contribution in [2.75, 3.05) is 0 Å². The van der Waals surface area contributed by atoms with Crippen molar-refractivity contribution >= 4 is 5.78 Å². The number of carbonyl (C=O) groups excluding carboxylic acids is 1. The van der Waals surface area contributed by atoms with Gasteiger partial charge in [0.15, 0.2) is 0 Å². The van der Waals surface area contributed by atoms with Crippen LogP contribution >= 0.6 is 0 Å². The van der Waals surface area contributed by atoms with Gasteiger partial charge in [0.1, 0.15) is 5.78 Å². The molecular weight excluding hydrogens is 160 g/mol. The molecular formula is C12H14O. The smallest absolute Gasteiger partial charge is 0.136 e. The Labute approximate surface area is 77.9 Å². The second kappa shape index (κ2) is 1.51. The standard InChI is InChI=1S/C12H14O/c13-7-2-1-4-8(7)5-3-6-10-11(6)12(10)9(4)5/h4-6,8-12H,1-3H2. The van der Waals surface area contributed by atoms with Gasteiger partial charge in [-0.1, -0.05) is 0 Å². The van der Waals surface area contributed by atoms with Crippen LogP contribution in [0.15, 0.2) is 0 Å². The molecule has 6 rings (SSSR count). The molecule has 0 aliphatic heterocycles. The molecule has 0 N–H and O–H groups in total. The first-order chi connectivity index (χ1) is 6.38. The van der Waals surface area contributed by atoms with E-state index in [2.05, 4.69) is 0 Å². The van der Waals surface area contributed by atoms with Crippen LogP contribution in [0, 0.1) is 47.3 Å². The Morgan fingerprint density at radius 3 is 2.62 bits per heavy atom. The summed E-state index contributed by atoms with van der Waals surface area (Å²) < 4.78 is 0. The molecule has 13 heavy (non-hydrogen) atoms. The monoisotopic (exact) mass is 174 g/mol. The molecule has 0 spiro atoms. The second-order valence-corrected chi connectivity index (χ2v) is 6.07. The fourth-order valence-electron chi connectivity index (χ4n) is 5.55. The Kier molecular flexibility index (Phi) is 0.721. The maximum absolute atomic E-state index is 11.6. The fourth-order valence-corrected chi connectivity index (χ4v) is 5.55. The van der Waals surface area contributed by atoms with Gasteiger partial charge in [-0.15, -0.1) is 0 Å². The highest BCUT2D eigenvalue weighted by atomic mass is 16.1. The molecule has 6 fully saturated rings. The summed E-state index contributed by atoms with van der Waals surface area (Å²) in [6.07, 6.45) is 3.63. The van der Waals surface area contributed by atoms with Gasteiger partial charge in [-0.3, -0.25) is 4.79 Å². The molecule has 0 saturated heterocycles. The molecule has 0 aromatic carbocycles. The van der Waals surface area contributed by atoms with Gasteiger partial charge in [-0.25, -0.2) is 0 Å². The largest absolute Gasteiger partial charge is 0.299 e. The second-order valence-electron chi connectivity index (χ2n) is 6.07. The van der Waals surface area contributed by atoms with Crippen molar-refractivity contribution in [1.29, 1.82) is 0 Å². The lowest BCUT2D eigenvalue weighted by atomic mass is 9.49. The average molecular weight is 174 g/mol. The highest BCUT2D eigenvalue weighted by Gasteiger charge is 2.82. The summed E-state index contributed by atoms with van der Waals surface area (Å²) >= 11 is 0. The third-order valence-electron chi connectivity index (χ3n) is 6.04. The fraction of sp³-hybridized carbons (Fsp3) is 0.917. The van der Waals surface area contributed by atoms with Gasteiger partial charge in [-0.2, -0.15) is 0 Å². The number of carbonyl (C=O) groups is 1. The van der Waals surface area contributed by atoms with Crippen LogP contribution in [0.5, 0.6) is 0 Å². The topological polar surface area (TPSA) is 17.1 Å².